The van der Waals surface area contributed by atoms with Crippen LogP contribution in [0.25, 0.3) is 10.9 Å². The van der Waals surface area contributed by atoms with Crippen molar-refractivity contribution in [2.24, 2.45) is 0 Å². The van der Waals surface area contributed by atoms with Crippen LogP contribution in [0.3, 0.4) is 0 Å². The van der Waals surface area contributed by atoms with Gasteiger partial charge in [-0.3, -0.25) is 0 Å². The Morgan fingerprint density at radius 3 is 2.71 bits per heavy atom. The van der Waals surface area contributed by atoms with E-state index in [1.54, 1.807) is 13.1 Å². The fourth-order valence-corrected chi connectivity index (χ4v) is 3.46. The van der Waals surface area contributed by atoms with Crippen LogP contribution in [0.2, 0.25) is 10.0 Å². The third-order valence-electron chi connectivity index (χ3n) is 4.03. The minimum absolute atomic E-state index is 0.0391. The number of rotatable bonds is 4. The van der Waals surface area contributed by atoms with Crippen molar-refractivity contribution in [2.75, 3.05) is 13.6 Å². The molecule has 0 saturated heterocycles. The summed E-state index contributed by atoms with van der Waals surface area (Å²) in [7, 11) is 1.80. The van der Waals surface area contributed by atoms with Crippen molar-refractivity contribution in [2.45, 2.75) is 5.92 Å². The number of aromatic amines is 1. The summed E-state index contributed by atoms with van der Waals surface area (Å²) >= 11 is 17.7. The number of aromatic nitrogens is 1. The van der Waals surface area contributed by atoms with E-state index in [1.807, 2.05) is 30.5 Å². The molecule has 0 fully saturated rings. The van der Waals surface area contributed by atoms with Gasteiger partial charge in [-0.15, -0.1) is 0 Å². The summed E-state index contributed by atoms with van der Waals surface area (Å²) in [5.74, 6) is 0.0391. The maximum atomic E-state index is 6.47. The zero-order valence-corrected chi connectivity index (χ0v) is 15.4. The highest BCUT2D eigenvalue weighted by Crippen LogP contribution is 2.35. The Bertz CT molecular complexity index is 876. The molecule has 0 amide bonds. The second-order valence-electron chi connectivity index (χ2n) is 5.47. The molecule has 0 aliphatic rings. The quantitative estimate of drug-likeness (QED) is 0.577. The number of hydrogen-bond donors (Lipinski definition) is 3. The number of nitrogens with one attached hydrogen (secondary N) is 3. The van der Waals surface area contributed by atoms with Gasteiger partial charge in [0.15, 0.2) is 5.11 Å². The summed E-state index contributed by atoms with van der Waals surface area (Å²) in [6, 6.07) is 13.8. The third-order valence-corrected chi connectivity index (χ3v) is 4.94. The highest BCUT2D eigenvalue weighted by atomic mass is 35.5. The van der Waals surface area contributed by atoms with Crippen molar-refractivity contribution in [1.82, 2.24) is 15.6 Å². The molecular formula is C18H17Cl2N3S. The van der Waals surface area contributed by atoms with Crippen LogP contribution in [0.5, 0.6) is 0 Å². The number of hydrogen-bond acceptors (Lipinski definition) is 1. The Balaban J connectivity index is 2.06. The van der Waals surface area contributed by atoms with Crippen LogP contribution in [0.1, 0.15) is 17.0 Å². The molecule has 0 spiro atoms. The lowest BCUT2D eigenvalue weighted by molar-refractivity contribution is 0.755. The van der Waals surface area contributed by atoms with E-state index in [4.69, 9.17) is 35.4 Å². The van der Waals surface area contributed by atoms with Gasteiger partial charge in [0, 0.05) is 46.7 Å². The molecule has 1 atom stereocenters. The highest BCUT2D eigenvalue weighted by molar-refractivity contribution is 7.80. The van der Waals surface area contributed by atoms with Crippen LogP contribution in [-0.2, 0) is 0 Å². The summed E-state index contributed by atoms with van der Waals surface area (Å²) in [6.45, 7) is 0.628. The molecule has 0 radical (unpaired) electrons. The number of halogens is 2. The molecule has 124 valence electrons. The van der Waals surface area contributed by atoms with E-state index in [1.165, 1.54) is 10.9 Å². The average molecular weight is 378 g/mol. The molecule has 2 aromatic carbocycles. The summed E-state index contributed by atoms with van der Waals surface area (Å²) in [4.78, 5) is 3.33. The predicted molar refractivity (Wildman–Crippen MR) is 106 cm³/mol. The lowest BCUT2D eigenvalue weighted by atomic mass is 9.91. The van der Waals surface area contributed by atoms with Gasteiger partial charge in [0.1, 0.15) is 0 Å². The number of fused-ring (bicyclic) bond motifs is 1. The van der Waals surface area contributed by atoms with Crippen molar-refractivity contribution in [3.63, 3.8) is 0 Å². The average Bonchev–Trinajstić information content (AvgIpc) is 3.00. The maximum absolute atomic E-state index is 6.47. The first-order valence-corrected chi connectivity index (χ1v) is 8.73. The van der Waals surface area contributed by atoms with Crippen molar-refractivity contribution in [3.8, 4) is 0 Å². The van der Waals surface area contributed by atoms with E-state index >= 15 is 0 Å². The molecule has 1 aromatic heterocycles. The smallest absolute Gasteiger partial charge is 0.166 e. The summed E-state index contributed by atoms with van der Waals surface area (Å²) < 4.78 is 0. The van der Waals surface area contributed by atoms with E-state index in [9.17, 15) is 0 Å². The van der Waals surface area contributed by atoms with Crippen LogP contribution in [-0.4, -0.2) is 23.7 Å². The molecule has 0 aliphatic heterocycles. The molecular weight excluding hydrogens is 361 g/mol. The van der Waals surface area contributed by atoms with Crippen LogP contribution in [0, 0.1) is 0 Å². The van der Waals surface area contributed by atoms with E-state index in [0.717, 1.165) is 11.1 Å². The Kier molecular flexibility index (Phi) is 5.29. The van der Waals surface area contributed by atoms with Gasteiger partial charge in [-0.2, -0.15) is 0 Å². The van der Waals surface area contributed by atoms with E-state index in [0.29, 0.717) is 21.7 Å². The van der Waals surface area contributed by atoms with Gasteiger partial charge in [0.05, 0.1) is 0 Å². The third kappa shape index (κ3) is 3.51. The van der Waals surface area contributed by atoms with Crippen LogP contribution in [0.15, 0.2) is 48.7 Å². The van der Waals surface area contributed by atoms with Gasteiger partial charge in [-0.1, -0.05) is 47.5 Å². The highest BCUT2D eigenvalue weighted by Gasteiger charge is 2.21. The molecule has 0 saturated carbocycles. The zero-order valence-electron chi connectivity index (χ0n) is 13.1. The maximum Gasteiger partial charge on any atom is 0.166 e. The second kappa shape index (κ2) is 7.43. The first-order chi connectivity index (χ1) is 11.6. The van der Waals surface area contributed by atoms with Gasteiger partial charge < -0.3 is 15.6 Å². The summed E-state index contributed by atoms with van der Waals surface area (Å²) in [5, 5.41) is 9.22. The fraction of sp³-hybridized carbons (Fsp3) is 0.167. The van der Waals surface area contributed by atoms with Crippen LogP contribution in [0.4, 0.5) is 0 Å². The van der Waals surface area contributed by atoms with Crippen molar-refractivity contribution >= 4 is 51.4 Å². The zero-order chi connectivity index (χ0) is 17.1. The largest absolute Gasteiger partial charge is 0.366 e. The first-order valence-electron chi connectivity index (χ1n) is 7.56. The van der Waals surface area contributed by atoms with Crippen LogP contribution < -0.4 is 10.6 Å². The van der Waals surface area contributed by atoms with E-state index in [2.05, 4.69) is 27.8 Å². The van der Waals surface area contributed by atoms with E-state index in [-0.39, 0.29) is 5.92 Å². The SMILES string of the molecule is CNC(=S)NC[C@@H](c1ccc(Cl)cc1Cl)c1c[nH]c2ccccc12. The van der Waals surface area contributed by atoms with Gasteiger partial charge >= 0.3 is 0 Å². The van der Waals surface area contributed by atoms with Crippen LogP contribution >= 0.6 is 35.4 Å². The van der Waals surface area contributed by atoms with Crippen molar-refractivity contribution in [3.05, 3.63) is 69.8 Å². The summed E-state index contributed by atoms with van der Waals surface area (Å²) in [5.41, 5.74) is 3.28. The Morgan fingerprint density at radius 2 is 1.96 bits per heavy atom. The minimum atomic E-state index is 0.0391. The fourth-order valence-electron chi connectivity index (χ4n) is 2.84. The molecule has 3 aromatic rings. The van der Waals surface area contributed by atoms with Gasteiger partial charge in [-0.05, 0) is 41.5 Å². The topological polar surface area (TPSA) is 39.8 Å². The molecule has 0 bridgehead atoms. The van der Waals surface area contributed by atoms with E-state index < -0.39 is 0 Å². The summed E-state index contributed by atoms with van der Waals surface area (Å²) in [6.07, 6.45) is 2.03. The van der Waals surface area contributed by atoms with Crippen molar-refractivity contribution in [1.29, 1.82) is 0 Å². The van der Waals surface area contributed by atoms with Gasteiger partial charge in [0.2, 0.25) is 0 Å². The molecule has 6 heteroatoms. The number of thiocarbonyl (C=S) groups is 1. The minimum Gasteiger partial charge on any atom is -0.366 e. The molecule has 3 rings (SSSR count). The van der Waals surface area contributed by atoms with Gasteiger partial charge in [-0.25, -0.2) is 0 Å². The Hall–Kier alpha value is -1.75. The number of H-pyrrole nitrogens is 1. The molecule has 0 aliphatic carbocycles. The van der Waals surface area contributed by atoms with Gasteiger partial charge in [0.25, 0.3) is 0 Å². The standard InChI is InChI=1S/C18H17Cl2N3S/c1-21-18(24)23-10-14(12-7-6-11(19)8-16(12)20)15-9-22-17-5-3-2-4-13(15)17/h2-9,14,22H,10H2,1H3,(H2,21,23,24)/t14-/m0/s1. The number of para-hydroxylation sites is 1. The Morgan fingerprint density at radius 1 is 1.17 bits per heavy atom. The second-order valence-corrected chi connectivity index (χ2v) is 6.72. The lowest BCUT2D eigenvalue weighted by Crippen LogP contribution is -2.35. The number of benzene rings is 2. The monoisotopic (exact) mass is 377 g/mol. The normalized spacial score (nSPS) is 12.1. The first kappa shape index (κ1) is 17.1. The molecule has 0 unspecified atom stereocenters. The molecule has 24 heavy (non-hydrogen) atoms. The molecule has 3 nitrogen and oxygen atoms in total. The van der Waals surface area contributed by atoms with Crippen molar-refractivity contribution < 1.29 is 0 Å². The molecule has 1 heterocycles. The Labute approximate surface area is 156 Å². The predicted octanol–water partition coefficient (Wildman–Crippen LogP) is 4.70. The molecule has 3 N–H and O–H groups in total. The lowest BCUT2D eigenvalue weighted by Gasteiger charge is -2.20.